The summed E-state index contributed by atoms with van der Waals surface area (Å²) in [6.07, 6.45) is 3.37. The number of aromatic nitrogens is 1. The number of pyridine rings is 1. The number of sulfonamides is 1. The van der Waals surface area contributed by atoms with E-state index in [2.05, 4.69) is 9.71 Å². The Balaban J connectivity index is 2.04. The molecule has 0 saturated carbocycles. The van der Waals surface area contributed by atoms with Crippen molar-refractivity contribution in [1.29, 1.82) is 0 Å². The minimum atomic E-state index is -3.60. The highest BCUT2D eigenvalue weighted by Crippen LogP contribution is 2.23. The van der Waals surface area contributed by atoms with Gasteiger partial charge in [-0.2, -0.15) is 0 Å². The summed E-state index contributed by atoms with van der Waals surface area (Å²) in [7, 11) is -3.60. The van der Waals surface area contributed by atoms with Crippen LogP contribution < -0.4 is 10.5 Å². The standard InChI is InChI=1S/C12H19N3O3S/c1-2-10-9(5-7-18-10)8-15-19(16,17)11-4-3-6-14-12(11)13/h3-4,6,9-10,15H,2,5,7-8H2,1H3,(H2,13,14). The van der Waals surface area contributed by atoms with Crippen LogP contribution in [0.4, 0.5) is 5.82 Å². The number of anilines is 1. The van der Waals surface area contributed by atoms with Crippen molar-refractivity contribution in [2.75, 3.05) is 18.9 Å². The number of ether oxygens (including phenoxy) is 1. The Hall–Kier alpha value is -1.18. The van der Waals surface area contributed by atoms with Crippen LogP contribution in [0.1, 0.15) is 19.8 Å². The summed E-state index contributed by atoms with van der Waals surface area (Å²) < 4.78 is 32.4. The van der Waals surface area contributed by atoms with E-state index in [1.807, 2.05) is 6.92 Å². The fourth-order valence-corrected chi connectivity index (χ4v) is 3.48. The van der Waals surface area contributed by atoms with Gasteiger partial charge in [-0.15, -0.1) is 0 Å². The lowest BCUT2D eigenvalue weighted by Gasteiger charge is -2.17. The third kappa shape index (κ3) is 3.23. The van der Waals surface area contributed by atoms with Crippen LogP contribution in [-0.2, 0) is 14.8 Å². The number of hydrogen-bond donors (Lipinski definition) is 2. The predicted octanol–water partition coefficient (Wildman–Crippen LogP) is 0.757. The second kappa shape index (κ2) is 5.85. The van der Waals surface area contributed by atoms with E-state index < -0.39 is 10.0 Å². The molecule has 19 heavy (non-hydrogen) atoms. The predicted molar refractivity (Wildman–Crippen MR) is 72.0 cm³/mol. The van der Waals surface area contributed by atoms with Crippen LogP contribution in [0.25, 0.3) is 0 Å². The van der Waals surface area contributed by atoms with E-state index >= 15 is 0 Å². The average Bonchev–Trinajstić information content (AvgIpc) is 2.84. The zero-order valence-electron chi connectivity index (χ0n) is 10.9. The summed E-state index contributed by atoms with van der Waals surface area (Å²) in [4.78, 5) is 3.82. The molecule has 1 aliphatic rings. The maximum absolute atomic E-state index is 12.1. The summed E-state index contributed by atoms with van der Waals surface area (Å²) in [6.45, 7) is 3.10. The van der Waals surface area contributed by atoms with E-state index in [0.717, 1.165) is 12.8 Å². The van der Waals surface area contributed by atoms with Gasteiger partial charge in [0.1, 0.15) is 10.7 Å². The van der Waals surface area contributed by atoms with E-state index in [0.29, 0.717) is 13.2 Å². The molecular formula is C12H19N3O3S. The first-order valence-corrected chi connectivity index (χ1v) is 7.84. The number of nitrogen functional groups attached to an aromatic ring is 1. The minimum Gasteiger partial charge on any atom is -0.383 e. The normalized spacial score (nSPS) is 23.6. The number of hydrogen-bond acceptors (Lipinski definition) is 5. The number of nitrogens with zero attached hydrogens (tertiary/aromatic N) is 1. The van der Waals surface area contributed by atoms with Gasteiger partial charge in [0.05, 0.1) is 6.10 Å². The van der Waals surface area contributed by atoms with Crippen LogP contribution in [0.5, 0.6) is 0 Å². The lowest BCUT2D eigenvalue weighted by molar-refractivity contribution is 0.0884. The maximum atomic E-state index is 12.1. The first-order valence-electron chi connectivity index (χ1n) is 6.36. The molecule has 3 N–H and O–H groups in total. The van der Waals surface area contributed by atoms with E-state index in [4.69, 9.17) is 10.5 Å². The summed E-state index contributed by atoms with van der Waals surface area (Å²) >= 11 is 0. The van der Waals surface area contributed by atoms with Gasteiger partial charge < -0.3 is 10.5 Å². The Kier molecular flexibility index (Phi) is 4.38. The fourth-order valence-electron chi connectivity index (χ4n) is 2.30. The van der Waals surface area contributed by atoms with Crippen molar-refractivity contribution in [2.24, 2.45) is 5.92 Å². The highest BCUT2D eigenvalue weighted by atomic mass is 32.2. The van der Waals surface area contributed by atoms with Crippen LogP contribution in [0, 0.1) is 5.92 Å². The Morgan fingerprint density at radius 1 is 1.58 bits per heavy atom. The first kappa shape index (κ1) is 14.2. The smallest absolute Gasteiger partial charge is 0.244 e. The molecule has 2 atom stereocenters. The Morgan fingerprint density at radius 3 is 3.05 bits per heavy atom. The summed E-state index contributed by atoms with van der Waals surface area (Å²) in [5, 5.41) is 0. The van der Waals surface area contributed by atoms with Crippen LogP contribution in [-0.4, -0.2) is 32.7 Å². The van der Waals surface area contributed by atoms with Gasteiger partial charge in [-0.25, -0.2) is 18.1 Å². The molecule has 106 valence electrons. The molecular weight excluding hydrogens is 266 g/mol. The largest absolute Gasteiger partial charge is 0.383 e. The van der Waals surface area contributed by atoms with Gasteiger partial charge in [0, 0.05) is 25.3 Å². The van der Waals surface area contributed by atoms with Crippen molar-refractivity contribution in [3.05, 3.63) is 18.3 Å². The first-order chi connectivity index (χ1) is 9.04. The highest BCUT2D eigenvalue weighted by Gasteiger charge is 2.28. The van der Waals surface area contributed by atoms with E-state index in [1.54, 1.807) is 6.07 Å². The van der Waals surface area contributed by atoms with Gasteiger partial charge in [-0.05, 0) is 25.0 Å². The third-order valence-corrected chi connectivity index (χ3v) is 4.84. The zero-order chi connectivity index (χ0) is 13.9. The van der Waals surface area contributed by atoms with Gasteiger partial charge in [0.15, 0.2) is 0 Å². The maximum Gasteiger partial charge on any atom is 0.244 e. The molecule has 2 heterocycles. The molecule has 0 bridgehead atoms. The van der Waals surface area contributed by atoms with Crippen molar-refractivity contribution in [1.82, 2.24) is 9.71 Å². The SMILES string of the molecule is CCC1OCCC1CNS(=O)(=O)c1cccnc1N. The highest BCUT2D eigenvalue weighted by molar-refractivity contribution is 7.89. The van der Waals surface area contributed by atoms with Crippen molar-refractivity contribution in [2.45, 2.75) is 30.8 Å². The van der Waals surface area contributed by atoms with E-state index in [-0.39, 0.29) is 22.7 Å². The molecule has 0 aromatic carbocycles. The zero-order valence-corrected chi connectivity index (χ0v) is 11.7. The van der Waals surface area contributed by atoms with Gasteiger partial charge >= 0.3 is 0 Å². The number of rotatable bonds is 5. The van der Waals surface area contributed by atoms with Gasteiger partial charge in [0.2, 0.25) is 10.0 Å². The van der Waals surface area contributed by atoms with Crippen molar-refractivity contribution < 1.29 is 13.2 Å². The van der Waals surface area contributed by atoms with Crippen LogP contribution in [0.3, 0.4) is 0 Å². The molecule has 0 radical (unpaired) electrons. The summed E-state index contributed by atoms with van der Waals surface area (Å²) in [5.74, 6) is 0.238. The second-order valence-corrected chi connectivity index (χ2v) is 6.34. The van der Waals surface area contributed by atoms with Gasteiger partial charge in [-0.1, -0.05) is 6.92 Å². The molecule has 1 saturated heterocycles. The van der Waals surface area contributed by atoms with Crippen molar-refractivity contribution in [3.8, 4) is 0 Å². The molecule has 0 amide bonds. The molecule has 1 aromatic rings. The Labute approximate surface area is 113 Å². The van der Waals surface area contributed by atoms with Crippen LogP contribution in [0.2, 0.25) is 0 Å². The lowest BCUT2D eigenvalue weighted by Crippen LogP contribution is -2.33. The Bertz CT molecular complexity index is 533. The average molecular weight is 285 g/mol. The van der Waals surface area contributed by atoms with Crippen LogP contribution >= 0.6 is 0 Å². The molecule has 7 heteroatoms. The van der Waals surface area contributed by atoms with Crippen LogP contribution in [0.15, 0.2) is 23.2 Å². The van der Waals surface area contributed by atoms with E-state index in [1.165, 1.54) is 12.3 Å². The third-order valence-electron chi connectivity index (χ3n) is 3.37. The van der Waals surface area contributed by atoms with Gasteiger partial charge in [0.25, 0.3) is 0 Å². The number of nitrogens with two attached hydrogens (primary N) is 1. The lowest BCUT2D eigenvalue weighted by atomic mass is 10.0. The van der Waals surface area contributed by atoms with Crippen molar-refractivity contribution >= 4 is 15.8 Å². The number of nitrogens with one attached hydrogen (secondary N) is 1. The molecule has 2 rings (SSSR count). The molecule has 0 aliphatic carbocycles. The molecule has 2 unspecified atom stereocenters. The van der Waals surface area contributed by atoms with E-state index in [9.17, 15) is 8.42 Å². The fraction of sp³-hybridized carbons (Fsp3) is 0.583. The molecule has 0 spiro atoms. The van der Waals surface area contributed by atoms with Gasteiger partial charge in [-0.3, -0.25) is 0 Å². The molecule has 6 nitrogen and oxygen atoms in total. The molecule has 1 fully saturated rings. The molecule has 1 aromatic heterocycles. The monoisotopic (exact) mass is 285 g/mol. The quantitative estimate of drug-likeness (QED) is 0.833. The minimum absolute atomic E-state index is 0.0183. The Morgan fingerprint density at radius 2 is 2.37 bits per heavy atom. The second-order valence-electron chi connectivity index (χ2n) is 4.60. The summed E-state index contributed by atoms with van der Waals surface area (Å²) in [5.41, 5.74) is 5.59. The summed E-state index contributed by atoms with van der Waals surface area (Å²) in [6, 6.07) is 3.01. The molecule has 1 aliphatic heterocycles. The van der Waals surface area contributed by atoms with Crippen molar-refractivity contribution in [3.63, 3.8) is 0 Å². The topological polar surface area (TPSA) is 94.3 Å².